The summed E-state index contributed by atoms with van der Waals surface area (Å²) < 4.78 is 0. The Morgan fingerprint density at radius 2 is 2.15 bits per heavy atom. The van der Waals surface area contributed by atoms with Gasteiger partial charge in [-0.05, 0) is 44.0 Å². The summed E-state index contributed by atoms with van der Waals surface area (Å²) in [6, 6.07) is 5.12. The lowest BCUT2D eigenvalue weighted by Gasteiger charge is -2.25. The van der Waals surface area contributed by atoms with E-state index in [-0.39, 0.29) is 30.4 Å². The van der Waals surface area contributed by atoms with Gasteiger partial charge >= 0.3 is 0 Å². The van der Waals surface area contributed by atoms with Crippen molar-refractivity contribution in [2.24, 2.45) is 0 Å². The van der Waals surface area contributed by atoms with E-state index in [2.05, 4.69) is 10.6 Å². The Bertz CT molecular complexity index is 462. The van der Waals surface area contributed by atoms with Gasteiger partial charge in [0.15, 0.2) is 0 Å². The van der Waals surface area contributed by atoms with E-state index in [0.717, 1.165) is 31.4 Å². The first-order chi connectivity index (χ1) is 9.08. The van der Waals surface area contributed by atoms with E-state index in [9.17, 15) is 4.79 Å². The fourth-order valence-corrected chi connectivity index (χ4v) is 2.89. The fourth-order valence-electron chi connectivity index (χ4n) is 2.32. The maximum Gasteiger partial charge on any atom is 0.237 e. The monoisotopic (exact) mass is 336 g/mol. The highest BCUT2D eigenvalue weighted by molar-refractivity contribution is 6.35. The summed E-state index contributed by atoms with van der Waals surface area (Å²) in [7, 11) is 0. The fraction of sp³-hybridized carbons (Fsp3) is 0.500. The van der Waals surface area contributed by atoms with Crippen molar-refractivity contribution in [3.63, 3.8) is 0 Å². The van der Waals surface area contributed by atoms with Crippen LogP contribution in [0.15, 0.2) is 18.2 Å². The number of halogens is 3. The van der Waals surface area contributed by atoms with Crippen molar-refractivity contribution in [1.29, 1.82) is 0 Å². The molecule has 0 bridgehead atoms. The lowest BCUT2D eigenvalue weighted by molar-refractivity contribution is -0.124. The van der Waals surface area contributed by atoms with Crippen LogP contribution in [0.3, 0.4) is 0 Å². The summed E-state index contributed by atoms with van der Waals surface area (Å²) in [5.41, 5.74) is 0.884. The number of amides is 1. The Morgan fingerprint density at radius 1 is 1.40 bits per heavy atom. The minimum atomic E-state index is -0.124. The van der Waals surface area contributed by atoms with Crippen LogP contribution in [0.25, 0.3) is 0 Å². The zero-order valence-electron chi connectivity index (χ0n) is 11.3. The highest BCUT2D eigenvalue weighted by Crippen LogP contribution is 2.26. The Kier molecular flexibility index (Phi) is 7.10. The maximum absolute atomic E-state index is 12.1. The SMILES string of the molecule is CC(NC(=O)[C@@H]1CCCCN1)c1ccc(Cl)cc1Cl.Cl. The summed E-state index contributed by atoms with van der Waals surface area (Å²) in [6.45, 7) is 2.84. The summed E-state index contributed by atoms with van der Waals surface area (Å²) in [5, 5.41) is 7.41. The Hall–Kier alpha value is -0.480. The number of piperidine rings is 1. The Morgan fingerprint density at radius 3 is 2.75 bits per heavy atom. The number of carbonyl (C=O) groups is 1. The van der Waals surface area contributed by atoms with Gasteiger partial charge in [0, 0.05) is 10.0 Å². The van der Waals surface area contributed by atoms with Crippen molar-refractivity contribution in [2.75, 3.05) is 6.54 Å². The van der Waals surface area contributed by atoms with Crippen LogP contribution in [0.4, 0.5) is 0 Å². The van der Waals surface area contributed by atoms with Gasteiger partial charge in [-0.15, -0.1) is 12.4 Å². The second kappa shape index (κ2) is 8.08. The highest BCUT2D eigenvalue weighted by atomic mass is 35.5. The average molecular weight is 338 g/mol. The van der Waals surface area contributed by atoms with E-state index in [1.165, 1.54) is 0 Å². The molecule has 1 heterocycles. The second-order valence-electron chi connectivity index (χ2n) is 4.90. The predicted octanol–water partition coefficient (Wildman–Crippen LogP) is 3.73. The van der Waals surface area contributed by atoms with Crippen molar-refractivity contribution < 1.29 is 4.79 Å². The molecular formula is C14H19Cl3N2O. The molecule has 1 fully saturated rings. The van der Waals surface area contributed by atoms with Gasteiger partial charge < -0.3 is 10.6 Å². The molecule has 3 nitrogen and oxygen atoms in total. The van der Waals surface area contributed by atoms with Gasteiger partial charge in [0.1, 0.15) is 0 Å². The molecule has 112 valence electrons. The first-order valence-corrected chi connectivity index (χ1v) is 7.32. The van der Waals surface area contributed by atoms with Crippen LogP contribution < -0.4 is 10.6 Å². The smallest absolute Gasteiger partial charge is 0.237 e. The molecule has 0 saturated carbocycles. The first-order valence-electron chi connectivity index (χ1n) is 6.56. The molecule has 1 aliphatic heterocycles. The molecule has 2 N–H and O–H groups in total. The average Bonchev–Trinajstić information content (AvgIpc) is 2.39. The van der Waals surface area contributed by atoms with E-state index in [1.54, 1.807) is 12.1 Å². The molecule has 2 atom stereocenters. The molecule has 0 aliphatic carbocycles. The number of benzene rings is 1. The summed E-state index contributed by atoms with van der Waals surface area (Å²) in [6.07, 6.45) is 3.14. The minimum absolute atomic E-state index is 0. The van der Waals surface area contributed by atoms with Gasteiger partial charge in [-0.3, -0.25) is 4.79 Å². The van der Waals surface area contributed by atoms with E-state index in [4.69, 9.17) is 23.2 Å². The zero-order valence-corrected chi connectivity index (χ0v) is 13.6. The molecule has 1 saturated heterocycles. The lowest BCUT2D eigenvalue weighted by atomic mass is 10.0. The largest absolute Gasteiger partial charge is 0.348 e. The zero-order chi connectivity index (χ0) is 13.8. The molecule has 6 heteroatoms. The predicted molar refractivity (Wildman–Crippen MR) is 85.9 cm³/mol. The molecular weight excluding hydrogens is 319 g/mol. The number of hydrogen-bond donors (Lipinski definition) is 2. The van der Waals surface area contributed by atoms with Crippen molar-refractivity contribution in [3.8, 4) is 0 Å². The Balaban J connectivity index is 0.00000200. The van der Waals surface area contributed by atoms with Crippen LogP contribution in [-0.4, -0.2) is 18.5 Å². The standard InChI is InChI=1S/C14H18Cl2N2O.ClH/c1-9(11-6-5-10(15)8-12(11)16)18-14(19)13-4-2-3-7-17-13;/h5-6,8-9,13,17H,2-4,7H2,1H3,(H,18,19);1H/t9?,13-;/m0./s1. The molecule has 1 aromatic rings. The number of nitrogens with one attached hydrogen (secondary N) is 2. The maximum atomic E-state index is 12.1. The quantitative estimate of drug-likeness (QED) is 0.882. The van der Waals surface area contributed by atoms with E-state index in [0.29, 0.717) is 10.0 Å². The number of carbonyl (C=O) groups excluding carboxylic acids is 1. The molecule has 0 aromatic heterocycles. The van der Waals surface area contributed by atoms with Gasteiger partial charge in [0.25, 0.3) is 0 Å². The molecule has 1 amide bonds. The third-order valence-electron chi connectivity index (χ3n) is 3.41. The number of rotatable bonds is 3. The van der Waals surface area contributed by atoms with E-state index >= 15 is 0 Å². The van der Waals surface area contributed by atoms with Crippen LogP contribution in [0, 0.1) is 0 Å². The van der Waals surface area contributed by atoms with Crippen LogP contribution in [-0.2, 0) is 4.79 Å². The van der Waals surface area contributed by atoms with Gasteiger partial charge in [-0.1, -0.05) is 35.7 Å². The lowest BCUT2D eigenvalue weighted by Crippen LogP contribution is -2.47. The molecule has 0 radical (unpaired) electrons. The van der Waals surface area contributed by atoms with E-state index in [1.807, 2.05) is 13.0 Å². The molecule has 2 rings (SSSR count). The Labute approximate surface area is 135 Å². The first kappa shape index (κ1) is 17.6. The third-order valence-corrected chi connectivity index (χ3v) is 3.98. The van der Waals surface area contributed by atoms with Gasteiger partial charge in [0.05, 0.1) is 12.1 Å². The topological polar surface area (TPSA) is 41.1 Å². The van der Waals surface area contributed by atoms with Crippen LogP contribution in [0.5, 0.6) is 0 Å². The third kappa shape index (κ3) is 4.52. The van der Waals surface area contributed by atoms with Crippen molar-refractivity contribution in [2.45, 2.75) is 38.3 Å². The molecule has 1 unspecified atom stereocenters. The minimum Gasteiger partial charge on any atom is -0.348 e. The highest BCUT2D eigenvalue weighted by Gasteiger charge is 2.22. The molecule has 1 aliphatic rings. The second-order valence-corrected chi connectivity index (χ2v) is 5.74. The summed E-state index contributed by atoms with van der Waals surface area (Å²) in [4.78, 5) is 12.1. The normalized spacial score (nSPS) is 19.9. The van der Waals surface area contributed by atoms with Crippen molar-refractivity contribution in [3.05, 3.63) is 33.8 Å². The van der Waals surface area contributed by atoms with Gasteiger partial charge in [-0.25, -0.2) is 0 Å². The van der Waals surface area contributed by atoms with Crippen LogP contribution in [0.1, 0.15) is 37.8 Å². The van der Waals surface area contributed by atoms with Crippen molar-refractivity contribution in [1.82, 2.24) is 10.6 Å². The van der Waals surface area contributed by atoms with Gasteiger partial charge in [-0.2, -0.15) is 0 Å². The summed E-state index contributed by atoms with van der Waals surface area (Å²) in [5.74, 6) is 0.0400. The van der Waals surface area contributed by atoms with E-state index < -0.39 is 0 Å². The molecule has 0 spiro atoms. The van der Waals surface area contributed by atoms with Crippen LogP contribution >= 0.6 is 35.6 Å². The number of hydrogen-bond acceptors (Lipinski definition) is 2. The molecule has 1 aromatic carbocycles. The van der Waals surface area contributed by atoms with Crippen molar-refractivity contribution >= 4 is 41.5 Å². The van der Waals surface area contributed by atoms with Crippen LogP contribution in [0.2, 0.25) is 10.0 Å². The molecule has 20 heavy (non-hydrogen) atoms. The summed E-state index contributed by atoms with van der Waals surface area (Å²) >= 11 is 12.0. The van der Waals surface area contributed by atoms with Gasteiger partial charge in [0.2, 0.25) is 5.91 Å².